The van der Waals surface area contributed by atoms with Crippen molar-refractivity contribution in [2.24, 2.45) is 5.73 Å². The van der Waals surface area contributed by atoms with Crippen LogP contribution in [0.5, 0.6) is 5.75 Å². The fourth-order valence-electron chi connectivity index (χ4n) is 1.36. The van der Waals surface area contributed by atoms with Crippen LogP contribution in [0.4, 0.5) is 4.39 Å². The van der Waals surface area contributed by atoms with Gasteiger partial charge in [0, 0.05) is 0 Å². The van der Waals surface area contributed by atoms with Crippen molar-refractivity contribution in [3.63, 3.8) is 0 Å². The van der Waals surface area contributed by atoms with E-state index in [1.165, 1.54) is 12.1 Å². The van der Waals surface area contributed by atoms with E-state index in [1.54, 1.807) is 19.1 Å². The van der Waals surface area contributed by atoms with E-state index in [0.29, 0.717) is 0 Å². The van der Waals surface area contributed by atoms with Gasteiger partial charge in [0.2, 0.25) is 5.91 Å². The molecule has 0 unspecified atom stereocenters. The van der Waals surface area contributed by atoms with Gasteiger partial charge in [-0.05, 0) is 19.1 Å². The number of halogens is 1. The topological polar surface area (TPSA) is 91.2 Å². The number of ether oxygens (including phenoxy) is 1. The number of benzene rings is 1. The molecule has 0 fully saturated rings. The van der Waals surface area contributed by atoms with Crippen LogP contribution in [0.25, 0.3) is 0 Å². The fraction of sp³-hybridized carbons (Fsp3) is 0.250. The van der Waals surface area contributed by atoms with Gasteiger partial charge in [-0.15, -0.1) is 10.2 Å². The van der Waals surface area contributed by atoms with Crippen molar-refractivity contribution in [1.82, 2.24) is 10.2 Å². The summed E-state index contributed by atoms with van der Waals surface area (Å²) in [5.41, 5.74) is 5.01. The zero-order valence-corrected chi connectivity index (χ0v) is 11.4. The first kappa shape index (κ1) is 14.3. The molecule has 1 amide bonds. The van der Waals surface area contributed by atoms with Crippen molar-refractivity contribution < 1.29 is 18.3 Å². The molecule has 2 N–H and O–H groups in total. The fourth-order valence-corrected chi connectivity index (χ4v) is 1.87. The number of primary amides is 1. The molecule has 0 saturated carbocycles. The smallest absolute Gasteiger partial charge is 0.277 e. The summed E-state index contributed by atoms with van der Waals surface area (Å²) in [7, 11) is 0. The van der Waals surface area contributed by atoms with Gasteiger partial charge in [-0.1, -0.05) is 23.9 Å². The van der Waals surface area contributed by atoms with Gasteiger partial charge in [-0.2, -0.15) is 0 Å². The molecule has 2 aromatic rings. The van der Waals surface area contributed by atoms with Gasteiger partial charge in [0.1, 0.15) is 0 Å². The molecule has 0 aliphatic heterocycles. The van der Waals surface area contributed by atoms with E-state index in [-0.39, 0.29) is 22.6 Å². The Bertz CT molecular complexity index is 605. The van der Waals surface area contributed by atoms with Gasteiger partial charge in [0.15, 0.2) is 17.7 Å². The first-order valence-corrected chi connectivity index (χ1v) is 6.70. The predicted molar refractivity (Wildman–Crippen MR) is 69.7 cm³/mol. The Hall–Kier alpha value is -2.09. The lowest BCUT2D eigenvalue weighted by atomic mass is 10.3. The summed E-state index contributed by atoms with van der Waals surface area (Å²) in [6.45, 7) is 1.66. The van der Waals surface area contributed by atoms with E-state index in [2.05, 4.69) is 10.2 Å². The standard InChI is InChI=1S/C12H12FN3O3S/c1-7(18-9-5-3-2-4-8(9)13)11-15-16-12(19-11)20-6-10(14)17/h2-5,7H,6H2,1H3,(H2,14,17)/t7-/m0/s1. The molecule has 0 saturated heterocycles. The molecular weight excluding hydrogens is 285 g/mol. The number of carbonyl (C=O) groups excluding carboxylic acids is 1. The third kappa shape index (κ3) is 3.70. The van der Waals surface area contributed by atoms with Crippen molar-refractivity contribution in [3.05, 3.63) is 36.0 Å². The third-order valence-corrected chi connectivity index (χ3v) is 3.09. The lowest BCUT2D eigenvalue weighted by molar-refractivity contribution is -0.115. The van der Waals surface area contributed by atoms with E-state index >= 15 is 0 Å². The van der Waals surface area contributed by atoms with Crippen LogP contribution in [0.15, 0.2) is 33.9 Å². The number of nitrogens with two attached hydrogens (primary N) is 1. The summed E-state index contributed by atoms with van der Waals surface area (Å²) in [4.78, 5) is 10.6. The maximum Gasteiger partial charge on any atom is 0.277 e. The number of thioether (sulfide) groups is 1. The first-order valence-electron chi connectivity index (χ1n) is 5.72. The van der Waals surface area contributed by atoms with Gasteiger partial charge < -0.3 is 14.9 Å². The molecule has 106 valence electrons. The van der Waals surface area contributed by atoms with Crippen molar-refractivity contribution in [2.75, 3.05) is 5.75 Å². The van der Waals surface area contributed by atoms with Crippen LogP contribution in [0.1, 0.15) is 18.9 Å². The second kappa shape index (κ2) is 6.38. The Balaban J connectivity index is 2.01. The van der Waals surface area contributed by atoms with Crippen LogP contribution in [0.2, 0.25) is 0 Å². The molecule has 0 radical (unpaired) electrons. The second-order valence-electron chi connectivity index (χ2n) is 3.85. The summed E-state index contributed by atoms with van der Waals surface area (Å²) >= 11 is 1.03. The highest BCUT2D eigenvalue weighted by Gasteiger charge is 2.17. The minimum atomic E-state index is -0.609. The molecule has 20 heavy (non-hydrogen) atoms. The monoisotopic (exact) mass is 297 g/mol. The maximum atomic E-state index is 13.4. The molecule has 6 nitrogen and oxygen atoms in total. The van der Waals surface area contributed by atoms with Gasteiger partial charge in [-0.25, -0.2) is 4.39 Å². The summed E-state index contributed by atoms with van der Waals surface area (Å²) in [5.74, 6) is -0.609. The number of hydrogen-bond donors (Lipinski definition) is 1. The summed E-state index contributed by atoms with van der Waals surface area (Å²) in [6, 6.07) is 6.03. The van der Waals surface area contributed by atoms with Crippen LogP contribution >= 0.6 is 11.8 Å². The highest BCUT2D eigenvalue weighted by molar-refractivity contribution is 7.99. The second-order valence-corrected chi connectivity index (χ2v) is 4.78. The Morgan fingerprint density at radius 1 is 1.50 bits per heavy atom. The lowest BCUT2D eigenvalue weighted by Gasteiger charge is -2.11. The van der Waals surface area contributed by atoms with Crippen LogP contribution in [0, 0.1) is 5.82 Å². The largest absolute Gasteiger partial charge is 0.478 e. The Morgan fingerprint density at radius 2 is 2.25 bits per heavy atom. The number of aromatic nitrogens is 2. The average Bonchev–Trinajstić information content (AvgIpc) is 2.88. The zero-order chi connectivity index (χ0) is 14.5. The van der Waals surface area contributed by atoms with Crippen LogP contribution < -0.4 is 10.5 Å². The molecule has 0 aliphatic rings. The van der Waals surface area contributed by atoms with Gasteiger partial charge in [0.25, 0.3) is 11.1 Å². The minimum absolute atomic E-state index is 0.0458. The van der Waals surface area contributed by atoms with Crippen molar-refractivity contribution in [1.29, 1.82) is 0 Å². The Labute approximate surface area is 118 Å². The number of para-hydroxylation sites is 1. The Morgan fingerprint density at radius 3 is 2.95 bits per heavy atom. The molecule has 0 bridgehead atoms. The maximum absolute atomic E-state index is 13.4. The van der Waals surface area contributed by atoms with Gasteiger partial charge >= 0.3 is 0 Å². The van der Waals surface area contributed by atoms with Crippen LogP contribution in [-0.4, -0.2) is 21.9 Å². The van der Waals surface area contributed by atoms with Gasteiger partial charge in [-0.3, -0.25) is 4.79 Å². The van der Waals surface area contributed by atoms with E-state index in [9.17, 15) is 9.18 Å². The molecule has 8 heteroatoms. The normalized spacial score (nSPS) is 12.1. The quantitative estimate of drug-likeness (QED) is 0.819. The van der Waals surface area contributed by atoms with Crippen LogP contribution in [-0.2, 0) is 4.79 Å². The first-order chi connectivity index (χ1) is 9.56. The molecule has 2 rings (SSSR count). The van der Waals surface area contributed by atoms with Crippen molar-refractivity contribution >= 4 is 17.7 Å². The van der Waals surface area contributed by atoms with Crippen molar-refractivity contribution in [3.8, 4) is 5.75 Å². The highest BCUT2D eigenvalue weighted by atomic mass is 32.2. The lowest BCUT2D eigenvalue weighted by Crippen LogP contribution is -2.12. The third-order valence-electron chi connectivity index (χ3n) is 2.25. The predicted octanol–water partition coefficient (Wildman–Crippen LogP) is 1.93. The molecule has 0 spiro atoms. The van der Waals surface area contributed by atoms with Crippen LogP contribution in [0.3, 0.4) is 0 Å². The number of hydrogen-bond acceptors (Lipinski definition) is 6. The molecule has 1 heterocycles. The minimum Gasteiger partial charge on any atom is -0.478 e. The number of amides is 1. The van der Waals surface area contributed by atoms with Gasteiger partial charge in [0.05, 0.1) is 5.75 Å². The number of carbonyl (C=O) groups is 1. The van der Waals surface area contributed by atoms with E-state index in [1.807, 2.05) is 0 Å². The Kier molecular flexibility index (Phi) is 4.57. The molecule has 1 aromatic heterocycles. The summed E-state index contributed by atoms with van der Waals surface area (Å²) < 4.78 is 24.1. The average molecular weight is 297 g/mol. The van der Waals surface area contributed by atoms with E-state index in [0.717, 1.165) is 11.8 Å². The zero-order valence-electron chi connectivity index (χ0n) is 10.6. The molecule has 0 aliphatic carbocycles. The van der Waals surface area contributed by atoms with E-state index < -0.39 is 17.8 Å². The number of nitrogens with zero attached hydrogens (tertiary/aromatic N) is 2. The van der Waals surface area contributed by atoms with E-state index in [4.69, 9.17) is 14.9 Å². The number of rotatable bonds is 6. The molecule has 1 atom stereocenters. The highest BCUT2D eigenvalue weighted by Crippen LogP contribution is 2.25. The summed E-state index contributed by atoms with van der Waals surface area (Å²) in [6.07, 6.45) is -0.609. The molecular formula is C12H12FN3O3S. The summed E-state index contributed by atoms with van der Waals surface area (Å²) in [5, 5.41) is 7.73. The SMILES string of the molecule is C[C@H](Oc1ccccc1F)c1nnc(SCC(N)=O)o1. The van der Waals surface area contributed by atoms with Crippen molar-refractivity contribution in [2.45, 2.75) is 18.3 Å². The molecule has 1 aromatic carbocycles.